The van der Waals surface area contributed by atoms with Crippen LogP contribution in [0.25, 0.3) is 51.4 Å². The fourth-order valence-electron chi connectivity index (χ4n) is 7.42. The van der Waals surface area contributed by atoms with E-state index in [2.05, 4.69) is 164 Å². The van der Waals surface area contributed by atoms with Gasteiger partial charge < -0.3 is 0 Å². The summed E-state index contributed by atoms with van der Waals surface area (Å²) in [6.45, 7) is 4.72. The van der Waals surface area contributed by atoms with Gasteiger partial charge in [-0.05, 0) is 109 Å². The maximum Gasteiger partial charge on any atom is 0.145 e. The summed E-state index contributed by atoms with van der Waals surface area (Å²) < 4.78 is 2.27. The van der Waals surface area contributed by atoms with Crippen LogP contribution in [0.3, 0.4) is 0 Å². The van der Waals surface area contributed by atoms with Gasteiger partial charge in [-0.2, -0.15) is 0 Å². The molecule has 2 aliphatic carbocycles. The number of fused-ring (bicyclic) bond motifs is 5. The van der Waals surface area contributed by atoms with Crippen molar-refractivity contribution in [3.05, 3.63) is 177 Å². The third kappa shape index (κ3) is 3.64. The van der Waals surface area contributed by atoms with Gasteiger partial charge in [0.25, 0.3) is 0 Å². The summed E-state index contributed by atoms with van der Waals surface area (Å²) in [6.07, 6.45) is 4.71. The average Bonchev–Trinajstić information content (AvgIpc) is 3.63. The highest BCUT2D eigenvalue weighted by atomic mass is 15.1. The zero-order chi connectivity index (χ0) is 29.4. The van der Waals surface area contributed by atoms with E-state index in [4.69, 9.17) is 4.98 Å². The molecule has 0 atom stereocenters. The van der Waals surface area contributed by atoms with E-state index >= 15 is 0 Å². The Labute approximate surface area is 256 Å². The lowest BCUT2D eigenvalue weighted by molar-refractivity contribution is 0.629. The molecule has 9 rings (SSSR count). The van der Waals surface area contributed by atoms with Crippen molar-refractivity contribution in [1.82, 2.24) is 9.55 Å². The predicted molar refractivity (Wildman–Crippen MR) is 181 cm³/mol. The van der Waals surface area contributed by atoms with Gasteiger partial charge in [-0.3, -0.25) is 4.57 Å². The molecular formula is C42H30N2. The fourth-order valence-corrected chi connectivity index (χ4v) is 7.42. The van der Waals surface area contributed by atoms with Gasteiger partial charge in [0.1, 0.15) is 5.82 Å². The molecule has 2 heteroatoms. The van der Waals surface area contributed by atoms with E-state index in [9.17, 15) is 0 Å². The number of para-hydroxylation sites is 3. The number of rotatable bonds is 3. The zero-order valence-corrected chi connectivity index (χ0v) is 24.8. The molecule has 0 amide bonds. The second kappa shape index (κ2) is 9.26. The molecule has 0 saturated heterocycles. The van der Waals surface area contributed by atoms with Crippen LogP contribution in [0.1, 0.15) is 36.1 Å². The fraction of sp³-hybridized carbons (Fsp3) is 0.0714. The van der Waals surface area contributed by atoms with Crippen molar-refractivity contribution >= 4 is 23.2 Å². The lowest BCUT2D eigenvalue weighted by atomic mass is 9.72. The first kappa shape index (κ1) is 25.1. The molecule has 0 unspecified atom stereocenters. The summed E-state index contributed by atoms with van der Waals surface area (Å²) in [5.41, 5.74) is 12.1. The highest BCUT2D eigenvalue weighted by Crippen LogP contribution is 2.36. The molecule has 0 spiro atoms. The van der Waals surface area contributed by atoms with Crippen LogP contribution in [0.2, 0.25) is 0 Å². The summed E-state index contributed by atoms with van der Waals surface area (Å²) in [5.74, 6) is 0.948. The molecule has 1 aromatic heterocycles. The zero-order valence-electron chi connectivity index (χ0n) is 24.8. The van der Waals surface area contributed by atoms with Crippen LogP contribution in [0.4, 0.5) is 0 Å². The van der Waals surface area contributed by atoms with Crippen molar-refractivity contribution in [2.75, 3.05) is 0 Å². The van der Waals surface area contributed by atoms with Crippen LogP contribution in [0.5, 0.6) is 0 Å². The molecule has 44 heavy (non-hydrogen) atoms. The van der Waals surface area contributed by atoms with E-state index in [1.165, 1.54) is 54.3 Å². The number of imidazole rings is 1. The van der Waals surface area contributed by atoms with Crippen LogP contribution in [-0.4, -0.2) is 9.55 Å². The minimum atomic E-state index is -0.0795. The third-order valence-corrected chi connectivity index (χ3v) is 9.52. The Bertz CT molecular complexity index is 2520. The van der Waals surface area contributed by atoms with E-state index in [1.807, 2.05) is 0 Å². The molecule has 0 saturated carbocycles. The Morgan fingerprint density at radius 1 is 0.568 bits per heavy atom. The standard InChI is InChI=1S/C42H30N2/c1-42(2)36-19-7-6-12-28(36)23-32-25-31-24-29-14-11-18-34(40(29)35(31)26-37(32)42)27-13-10-15-30(22-27)41-43-38-20-8-9-21-39(38)44(41)33-16-4-3-5-17-33/h3-26H,1-2H3. The second-order valence-electron chi connectivity index (χ2n) is 12.5. The largest absolute Gasteiger partial charge is 0.292 e. The first-order valence-corrected chi connectivity index (χ1v) is 15.3. The Balaban J connectivity index is 1.28. The Morgan fingerprint density at radius 3 is 2.23 bits per heavy atom. The van der Waals surface area contributed by atoms with Crippen LogP contribution in [-0.2, 0) is 5.41 Å². The highest BCUT2D eigenvalue weighted by molar-refractivity contribution is 5.84. The van der Waals surface area contributed by atoms with Gasteiger partial charge in [0, 0.05) is 16.7 Å². The molecule has 2 nitrogen and oxygen atoms in total. The maximum absolute atomic E-state index is 5.14. The van der Waals surface area contributed by atoms with Crippen molar-refractivity contribution in [2.24, 2.45) is 0 Å². The van der Waals surface area contributed by atoms with Crippen LogP contribution in [0, 0.1) is 10.4 Å². The van der Waals surface area contributed by atoms with Gasteiger partial charge in [-0.1, -0.05) is 105 Å². The lowest BCUT2D eigenvalue weighted by Gasteiger charge is -2.32. The summed E-state index contributed by atoms with van der Waals surface area (Å²) in [4.78, 5) is 5.14. The number of benzene rings is 6. The Morgan fingerprint density at radius 2 is 1.32 bits per heavy atom. The molecule has 7 aromatic rings. The van der Waals surface area contributed by atoms with Gasteiger partial charge in [0.15, 0.2) is 0 Å². The minimum absolute atomic E-state index is 0.0795. The summed E-state index contributed by atoms with van der Waals surface area (Å²) >= 11 is 0. The molecule has 0 bridgehead atoms. The number of nitrogens with zero attached hydrogens (tertiary/aromatic N) is 2. The van der Waals surface area contributed by atoms with Gasteiger partial charge in [0.05, 0.1) is 11.0 Å². The van der Waals surface area contributed by atoms with Crippen molar-refractivity contribution < 1.29 is 0 Å². The lowest BCUT2D eigenvalue weighted by Crippen LogP contribution is -2.31. The third-order valence-electron chi connectivity index (χ3n) is 9.52. The average molecular weight is 563 g/mol. The van der Waals surface area contributed by atoms with Gasteiger partial charge in [-0.25, -0.2) is 4.98 Å². The van der Waals surface area contributed by atoms with E-state index < -0.39 is 0 Å². The number of hydrogen-bond donors (Lipinski definition) is 0. The first-order chi connectivity index (χ1) is 21.6. The van der Waals surface area contributed by atoms with Gasteiger partial charge in [0.2, 0.25) is 0 Å². The van der Waals surface area contributed by atoms with Crippen molar-refractivity contribution in [2.45, 2.75) is 19.3 Å². The molecule has 0 fully saturated rings. The first-order valence-electron chi connectivity index (χ1n) is 15.3. The Hall–Kier alpha value is -5.47. The molecule has 208 valence electrons. The highest BCUT2D eigenvalue weighted by Gasteiger charge is 2.29. The topological polar surface area (TPSA) is 17.8 Å². The normalized spacial score (nSPS) is 13.8. The van der Waals surface area contributed by atoms with Crippen molar-refractivity contribution in [1.29, 1.82) is 0 Å². The molecular weight excluding hydrogens is 532 g/mol. The smallest absolute Gasteiger partial charge is 0.145 e. The maximum atomic E-state index is 5.14. The van der Waals surface area contributed by atoms with E-state index in [1.54, 1.807) is 0 Å². The van der Waals surface area contributed by atoms with E-state index in [0.29, 0.717) is 0 Å². The summed E-state index contributed by atoms with van der Waals surface area (Å²) in [5, 5.41) is 5.22. The quantitative estimate of drug-likeness (QED) is 0.212. The van der Waals surface area contributed by atoms with Crippen LogP contribution < -0.4 is 10.4 Å². The van der Waals surface area contributed by atoms with Crippen molar-refractivity contribution in [3.8, 4) is 28.2 Å². The summed E-state index contributed by atoms with van der Waals surface area (Å²) in [7, 11) is 0. The van der Waals surface area contributed by atoms with Gasteiger partial charge in [-0.15, -0.1) is 0 Å². The molecule has 2 aliphatic rings. The summed E-state index contributed by atoms with van der Waals surface area (Å²) in [6, 6.07) is 48.2. The molecule has 0 radical (unpaired) electrons. The van der Waals surface area contributed by atoms with E-state index in [-0.39, 0.29) is 5.41 Å². The number of hydrogen-bond acceptors (Lipinski definition) is 1. The van der Waals surface area contributed by atoms with Crippen molar-refractivity contribution in [3.63, 3.8) is 0 Å². The van der Waals surface area contributed by atoms with Crippen LogP contribution >= 0.6 is 0 Å². The van der Waals surface area contributed by atoms with E-state index in [0.717, 1.165) is 28.1 Å². The second-order valence-corrected chi connectivity index (χ2v) is 12.5. The van der Waals surface area contributed by atoms with Gasteiger partial charge >= 0.3 is 0 Å². The number of aromatic nitrogens is 2. The predicted octanol–water partition coefficient (Wildman–Crippen LogP) is 8.26. The Kier molecular flexibility index (Phi) is 5.28. The molecule has 0 N–H and O–H groups in total. The van der Waals surface area contributed by atoms with Crippen LogP contribution in [0.15, 0.2) is 133 Å². The molecule has 1 heterocycles. The minimum Gasteiger partial charge on any atom is -0.292 e. The SMILES string of the molecule is CC1(C)c2ccccc2C=c2cc3c(cc21)=c1c(-c2cccc(-c4nc5ccccc5n4-c4ccccc4)c2)cccc1=C3. The molecule has 0 aliphatic heterocycles. The molecule has 6 aromatic carbocycles. The monoisotopic (exact) mass is 562 g/mol.